The van der Waals surface area contributed by atoms with Gasteiger partial charge in [-0.3, -0.25) is 4.79 Å². The van der Waals surface area contributed by atoms with E-state index in [0.717, 1.165) is 42.5 Å². The predicted octanol–water partition coefficient (Wildman–Crippen LogP) is 3.90. The molecule has 8 heteroatoms. The van der Waals surface area contributed by atoms with Crippen LogP contribution < -0.4 is 0 Å². The van der Waals surface area contributed by atoms with Gasteiger partial charge in [0.2, 0.25) is 11.7 Å². The minimum absolute atomic E-state index is 0.200. The summed E-state index contributed by atoms with van der Waals surface area (Å²) >= 11 is 0. The molecule has 1 fully saturated rings. The number of carbonyl (C=O) groups excluding carboxylic acids is 1. The minimum Gasteiger partial charge on any atom is -0.343 e. The third kappa shape index (κ3) is 3.56. The SMILES string of the molecule is O=C(CCn1cnc2cc(-c3noc(-c4ccc(F)cc4)n3)ccc21)N1CCCC1. The van der Waals surface area contributed by atoms with E-state index in [9.17, 15) is 9.18 Å². The molecular weight excluding hydrogens is 385 g/mol. The van der Waals surface area contributed by atoms with Crippen LogP contribution in [0, 0.1) is 5.82 Å². The third-order valence-electron chi connectivity index (χ3n) is 5.42. The first-order valence-electron chi connectivity index (χ1n) is 10.00. The van der Waals surface area contributed by atoms with Crippen molar-refractivity contribution in [3.63, 3.8) is 0 Å². The first-order valence-corrected chi connectivity index (χ1v) is 10.00. The summed E-state index contributed by atoms with van der Waals surface area (Å²) in [7, 11) is 0. The highest BCUT2D eigenvalue weighted by atomic mass is 19.1. The minimum atomic E-state index is -0.318. The fraction of sp³-hybridized carbons (Fsp3) is 0.273. The zero-order valence-electron chi connectivity index (χ0n) is 16.3. The summed E-state index contributed by atoms with van der Waals surface area (Å²) in [6.45, 7) is 2.34. The molecule has 0 bridgehead atoms. The van der Waals surface area contributed by atoms with Crippen LogP contribution in [0.5, 0.6) is 0 Å². The van der Waals surface area contributed by atoms with Crippen LogP contribution in [0.3, 0.4) is 0 Å². The van der Waals surface area contributed by atoms with Crippen molar-refractivity contribution in [1.82, 2.24) is 24.6 Å². The van der Waals surface area contributed by atoms with Crippen molar-refractivity contribution in [3.05, 3.63) is 54.6 Å². The molecule has 1 aliphatic heterocycles. The topological polar surface area (TPSA) is 77.0 Å². The molecule has 0 spiro atoms. The fourth-order valence-corrected chi connectivity index (χ4v) is 3.77. The summed E-state index contributed by atoms with van der Waals surface area (Å²) < 4.78 is 20.4. The number of rotatable bonds is 5. The second-order valence-corrected chi connectivity index (χ2v) is 7.41. The number of fused-ring (bicyclic) bond motifs is 1. The number of carbonyl (C=O) groups is 1. The number of aromatic nitrogens is 4. The van der Waals surface area contributed by atoms with Crippen LogP contribution in [-0.2, 0) is 11.3 Å². The molecule has 1 amide bonds. The molecule has 1 aliphatic rings. The summed E-state index contributed by atoms with van der Waals surface area (Å²) in [6, 6.07) is 11.7. The molecule has 0 saturated carbocycles. The molecule has 2 aromatic carbocycles. The van der Waals surface area contributed by atoms with E-state index in [0.29, 0.717) is 30.2 Å². The van der Waals surface area contributed by atoms with Gasteiger partial charge in [0.25, 0.3) is 5.89 Å². The molecule has 0 aliphatic carbocycles. The molecule has 0 atom stereocenters. The smallest absolute Gasteiger partial charge is 0.258 e. The summed E-state index contributed by atoms with van der Waals surface area (Å²) in [6.07, 6.45) is 4.42. The third-order valence-corrected chi connectivity index (χ3v) is 5.42. The second-order valence-electron chi connectivity index (χ2n) is 7.41. The molecule has 0 unspecified atom stereocenters. The Bertz CT molecular complexity index is 1190. The van der Waals surface area contributed by atoms with E-state index in [-0.39, 0.29) is 11.7 Å². The number of hydrogen-bond donors (Lipinski definition) is 0. The fourth-order valence-electron chi connectivity index (χ4n) is 3.77. The van der Waals surface area contributed by atoms with Gasteiger partial charge in [0.1, 0.15) is 5.82 Å². The predicted molar refractivity (Wildman–Crippen MR) is 109 cm³/mol. The highest BCUT2D eigenvalue weighted by Gasteiger charge is 2.18. The van der Waals surface area contributed by atoms with E-state index in [2.05, 4.69) is 15.1 Å². The monoisotopic (exact) mass is 405 g/mol. The van der Waals surface area contributed by atoms with Crippen molar-refractivity contribution in [3.8, 4) is 22.8 Å². The van der Waals surface area contributed by atoms with Crippen molar-refractivity contribution in [2.75, 3.05) is 13.1 Å². The highest BCUT2D eigenvalue weighted by molar-refractivity contribution is 5.81. The molecular formula is C22H20FN5O2. The van der Waals surface area contributed by atoms with Gasteiger partial charge in [-0.2, -0.15) is 4.98 Å². The summed E-state index contributed by atoms with van der Waals surface area (Å²) in [5.74, 6) is 0.652. The summed E-state index contributed by atoms with van der Waals surface area (Å²) in [5.41, 5.74) is 3.19. The lowest BCUT2D eigenvalue weighted by Gasteiger charge is -2.15. The van der Waals surface area contributed by atoms with Crippen LogP contribution in [0.4, 0.5) is 4.39 Å². The quantitative estimate of drug-likeness (QED) is 0.503. The maximum absolute atomic E-state index is 13.1. The van der Waals surface area contributed by atoms with Crippen molar-refractivity contribution >= 4 is 16.9 Å². The van der Waals surface area contributed by atoms with E-state index >= 15 is 0 Å². The van der Waals surface area contributed by atoms with E-state index in [1.165, 1.54) is 12.1 Å². The molecule has 0 radical (unpaired) electrons. The molecule has 152 valence electrons. The number of likely N-dealkylation sites (tertiary alicyclic amines) is 1. The van der Waals surface area contributed by atoms with Gasteiger partial charge in [-0.15, -0.1) is 0 Å². The van der Waals surface area contributed by atoms with E-state index < -0.39 is 0 Å². The van der Waals surface area contributed by atoms with Gasteiger partial charge in [0, 0.05) is 37.2 Å². The Balaban J connectivity index is 1.33. The number of benzene rings is 2. The zero-order chi connectivity index (χ0) is 20.5. The van der Waals surface area contributed by atoms with Gasteiger partial charge in [0.05, 0.1) is 17.4 Å². The highest BCUT2D eigenvalue weighted by Crippen LogP contribution is 2.25. The van der Waals surface area contributed by atoms with Gasteiger partial charge >= 0.3 is 0 Å². The number of aryl methyl sites for hydroxylation is 1. The van der Waals surface area contributed by atoms with E-state index in [1.54, 1.807) is 18.5 Å². The van der Waals surface area contributed by atoms with Crippen LogP contribution in [0.1, 0.15) is 19.3 Å². The first kappa shape index (κ1) is 18.5. The van der Waals surface area contributed by atoms with E-state index in [1.807, 2.05) is 27.7 Å². The van der Waals surface area contributed by atoms with Crippen molar-refractivity contribution in [1.29, 1.82) is 0 Å². The summed E-state index contributed by atoms with van der Waals surface area (Å²) in [5, 5.41) is 4.04. The largest absolute Gasteiger partial charge is 0.343 e. The van der Waals surface area contributed by atoms with Crippen LogP contribution >= 0.6 is 0 Å². The summed E-state index contributed by atoms with van der Waals surface area (Å²) in [4.78, 5) is 23.1. The van der Waals surface area contributed by atoms with Crippen LogP contribution in [0.15, 0.2) is 53.3 Å². The Morgan fingerprint density at radius 2 is 1.83 bits per heavy atom. The first-order chi connectivity index (χ1) is 14.7. The van der Waals surface area contributed by atoms with Crippen LogP contribution in [0.2, 0.25) is 0 Å². The standard InChI is InChI=1S/C22H20FN5O2/c23-17-6-3-15(4-7-17)22-25-21(26-30-22)16-5-8-19-18(13-16)24-14-28(19)12-9-20(29)27-10-1-2-11-27/h3-8,13-14H,1-2,9-12H2. The van der Waals surface area contributed by atoms with Gasteiger partial charge in [-0.25, -0.2) is 9.37 Å². The molecule has 30 heavy (non-hydrogen) atoms. The Morgan fingerprint density at radius 3 is 2.63 bits per heavy atom. The van der Waals surface area contributed by atoms with Gasteiger partial charge in [0.15, 0.2) is 0 Å². The number of amides is 1. The molecule has 0 N–H and O–H groups in total. The Morgan fingerprint density at radius 1 is 1.07 bits per heavy atom. The maximum atomic E-state index is 13.1. The molecule has 4 aromatic rings. The number of nitrogens with zero attached hydrogens (tertiary/aromatic N) is 5. The van der Waals surface area contributed by atoms with E-state index in [4.69, 9.17) is 4.52 Å². The Kier molecular flexibility index (Phi) is 4.74. The molecule has 5 rings (SSSR count). The average Bonchev–Trinajstić information content (AvgIpc) is 3.53. The molecule has 1 saturated heterocycles. The van der Waals surface area contributed by atoms with Crippen molar-refractivity contribution in [2.24, 2.45) is 0 Å². The lowest BCUT2D eigenvalue weighted by atomic mass is 10.2. The average molecular weight is 405 g/mol. The molecule has 2 aromatic heterocycles. The zero-order valence-corrected chi connectivity index (χ0v) is 16.3. The van der Waals surface area contributed by atoms with Gasteiger partial charge in [-0.1, -0.05) is 5.16 Å². The lowest BCUT2D eigenvalue weighted by molar-refractivity contribution is -0.130. The van der Waals surface area contributed by atoms with Gasteiger partial charge in [-0.05, 0) is 55.3 Å². The molecule has 7 nitrogen and oxygen atoms in total. The van der Waals surface area contributed by atoms with Crippen LogP contribution in [0.25, 0.3) is 33.9 Å². The second kappa shape index (κ2) is 7.70. The lowest BCUT2D eigenvalue weighted by Crippen LogP contribution is -2.28. The number of hydrogen-bond acceptors (Lipinski definition) is 5. The van der Waals surface area contributed by atoms with Crippen molar-refractivity contribution in [2.45, 2.75) is 25.8 Å². The Hall–Kier alpha value is -3.55. The number of imidazole rings is 1. The number of halogens is 1. The Labute approximate surface area is 172 Å². The van der Waals surface area contributed by atoms with Crippen molar-refractivity contribution < 1.29 is 13.7 Å². The normalized spacial score (nSPS) is 14.0. The molecule has 3 heterocycles. The van der Waals surface area contributed by atoms with Gasteiger partial charge < -0.3 is 14.0 Å². The van der Waals surface area contributed by atoms with Crippen LogP contribution in [-0.4, -0.2) is 43.6 Å². The maximum Gasteiger partial charge on any atom is 0.258 e.